The van der Waals surface area contributed by atoms with Crippen molar-refractivity contribution >= 4 is 22.7 Å². The van der Waals surface area contributed by atoms with Gasteiger partial charge in [-0.25, -0.2) is 4.85 Å². The van der Waals surface area contributed by atoms with Crippen LogP contribution in [-0.2, 0) is 0 Å². The second kappa shape index (κ2) is 12.5. The van der Waals surface area contributed by atoms with Crippen molar-refractivity contribution < 1.29 is 0 Å². The lowest BCUT2D eigenvalue weighted by Crippen LogP contribution is -2.09. The molecule has 6 rings (SSSR count). The van der Waals surface area contributed by atoms with Crippen LogP contribution in [0, 0.1) is 40.6 Å². The van der Waals surface area contributed by atoms with E-state index in [0.29, 0.717) is 22.4 Å². The van der Waals surface area contributed by atoms with Crippen LogP contribution in [-0.4, -0.2) is 4.98 Å². The Morgan fingerprint density at radius 3 is 1.27 bits per heavy atom. The molecule has 0 fully saturated rings. The topological polar surface area (TPSA) is 91.9 Å². The number of nitrogens with zero attached hydrogens (tertiary/aromatic N) is 6. The van der Waals surface area contributed by atoms with Crippen molar-refractivity contribution in [1.29, 1.82) is 15.8 Å². The van der Waals surface area contributed by atoms with Crippen LogP contribution in [0.2, 0.25) is 0 Å². The van der Waals surface area contributed by atoms with Gasteiger partial charge in [0.1, 0.15) is 0 Å². The Morgan fingerprint density at radius 1 is 0.467 bits per heavy atom. The van der Waals surface area contributed by atoms with Crippen molar-refractivity contribution in [2.75, 3.05) is 4.90 Å². The number of nitriles is 3. The lowest BCUT2D eigenvalue weighted by Gasteiger charge is -2.26. The van der Waals surface area contributed by atoms with E-state index in [1.54, 1.807) is 48.8 Å². The number of hydrogen-bond donors (Lipinski definition) is 0. The predicted octanol–water partition coefficient (Wildman–Crippen LogP) is 9.72. The highest BCUT2D eigenvalue weighted by atomic mass is 15.1. The molecule has 0 aliphatic heterocycles. The maximum Gasteiger partial charge on any atom is 0.189 e. The first-order valence-electron chi connectivity index (χ1n) is 14.0. The number of aromatic nitrogens is 1. The Labute approximate surface area is 261 Å². The molecule has 0 aliphatic carbocycles. The van der Waals surface area contributed by atoms with Crippen molar-refractivity contribution in [3.63, 3.8) is 0 Å². The molecule has 0 saturated carbocycles. The average Bonchev–Trinajstić information content (AvgIpc) is 3.12. The molecule has 5 aromatic carbocycles. The molecule has 0 amide bonds. The van der Waals surface area contributed by atoms with E-state index in [-0.39, 0.29) is 0 Å². The lowest BCUT2D eigenvalue weighted by molar-refractivity contribution is 1.28. The zero-order chi connectivity index (χ0) is 31.2. The van der Waals surface area contributed by atoms with Gasteiger partial charge in [0, 0.05) is 35.0 Å². The van der Waals surface area contributed by atoms with E-state index in [1.165, 1.54) is 0 Å². The van der Waals surface area contributed by atoms with E-state index in [0.717, 1.165) is 50.4 Å². The van der Waals surface area contributed by atoms with E-state index in [9.17, 15) is 15.8 Å². The van der Waals surface area contributed by atoms with Crippen LogP contribution >= 0.6 is 0 Å². The van der Waals surface area contributed by atoms with Gasteiger partial charge < -0.3 is 4.90 Å². The molecule has 0 N–H and O–H groups in total. The molecule has 1 aromatic heterocycles. The van der Waals surface area contributed by atoms with Crippen LogP contribution in [0.25, 0.3) is 38.2 Å². The molecule has 6 nitrogen and oxygen atoms in total. The SMILES string of the molecule is [C-]#[N+]c1cc(C#N)cc(-c2ccc(N(c3ccc(-c4ccncc4)cc3)c3ccc(-c4cc(C#N)cc(C#N)c4)cc3)cc2)c1. The first-order chi connectivity index (χ1) is 22.1. The van der Waals surface area contributed by atoms with Crippen LogP contribution in [0.1, 0.15) is 16.7 Å². The van der Waals surface area contributed by atoms with Gasteiger partial charge in [-0.3, -0.25) is 4.98 Å². The van der Waals surface area contributed by atoms with E-state index < -0.39 is 0 Å². The Balaban J connectivity index is 1.41. The Bertz CT molecular complexity index is 1990. The minimum absolute atomic E-state index is 0.423. The third kappa shape index (κ3) is 5.99. The smallest absolute Gasteiger partial charge is 0.189 e. The number of benzene rings is 5. The summed E-state index contributed by atoms with van der Waals surface area (Å²) in [7, 11) is 0. The summed E-state index contributed by atoms with van der Waals surface area (Å²) in [5, 5.41) is 28.3. The summed E-state index contributed by atoms with van der Waals surface area (Å²) in [6.07, 6.45) is 3.55. The quantitative estimate of drug-likeness (QED) is 0.185. The van der Waals surface area contributed by atoms with Gasteiger partial charge in [0.2, 0.25) is 0 Å². The number of pyridine rings is 1. The van der Waals surface area contributed by atoms with E-state index in [1.807, 2.05) is 60.7 Å². The van der Waals surface area contributed by atoms with Gasteiger partial charge in [-0.05, 0) is 118 Å². The predicted molar refractivity (Wildman–Crippen MR) is 176 cm³/mol. The van der Waals surface area contributed by atoms with Crippen molar-refractivity contribution in [2.45, 2.75) is 0 Å². The summed E-state index contributed by atoms with van der Waals surface area (Å²) < 4.78 is 0. The fourth-order valence-electron chi connectivity index (χ4n) is 5.23. The van der Waals surface area contributed by atoms with Crippen molar-refractivity contribution in [2.24, 2.45) is 0 Å². The van der Waals surface area contributed by atoms with Crippen LogP contribution in [0.3, 0.4) is 0 Å². The van der Waals surface area contributed by atoms with E-state index in [4.69, 9.17) is 6.57 Å². The summed E-state index contributed by atoms with van der Waals surface area (Å²) in [6.45, 7) is 7.41. The highest BCUT2D eigenvalue weighted by Gasteiger charge is 2.14. The summed E-state index contributed by atoms with van der Waals surface area (Å²) in [6, 6.07) is 45.0. The van der Waals surface area contributed by atoms with Gasteiger partial charge >= 0.3 is 0 Å². The molecule has 208 valence electrons. The highest BCUT2D eigenvalue weighted by Crippen LogP contribution is 2.38. The van der Waals surface area contributed by atoms with Crippen molar-refractivity contribution in [3.8, 4) is 51.6 Å². The monoisotopic (exact) mass is 574 g/mol. The summed E-state index contributed by atoms with van der Waals surface area (Å²) in [4.78, 5) is 9.79. The molecule has 0 saturated heterocycles. The van der Waals surface area contributed by atoms with Crippen molar-refractivity contribution in [3.05, 3.63) is 162 Å². The van der Waals surface area contributed by atoms with Crippen molar-refractivity contribution in [1.82, 2.24) is 4.98 Å². The zero-order valence-corrected chi connectivity index (χ0v) is 23.9. The van der Waals surface area contributed by atoms with Gasteiger partial charge in [-0.15, -0.1) is 0 Å². The second-order valence-corrected chi connectivity index (χ2v) is 10.2. The molecule has 0 unspecified atom stereocenters. The summed E-state index contributed by atoms with van der Waals surface area (Å²) in [5.74, 6) is 0. The molecule has 45 heavy (non-hydrogen) atoms. The first kappa shape index (κ1) is 28.1. The van der Waals surface area contributed by atoms with E-state index in [2.05, 4.69) is 57.2 Å². The lowest BCUT2D eigenvalue weighted by atomic mass is 9.99. The van der Waals surface area contributed by atoms with E-state index >= 15 is 0 Å². The van der Waals surface area contributed by atoms with Crippen LogP contribution < -0.4 is 4.90 Å². The fourth-order valence-corrected chi connectivity index (χ4v) is 5.23. The molecule has 0 spiro atoms. The molecule has 6 aromatic rings. The fraction of sp³-hybridized carbons (Fsp3) is 0. The molecule has 0 atom stereocenters. The molecule has 0 radical (unpaired) electrons. The van der Waals surface area contributed by atoms with Gasteiger partial charge in [-0.2, -0.15) is 15.8 Å². The van der Waals surface area contributed by atoms with Crippen LogP contribution in [0.5, 0.6) is 0 Å². The molecule has 0 aliphatic rings. The molecular formula is C39H22N6. The van der Waals surface area contributed by atoms with Gasteiger partial charge in [-0.1, -0.05) is 36.4 Å². The highest BCUT2D eigenvalue weighted by molar-refractivity contribution is 5.81. The number of anilines is 3. The average molecular weight is 575 g/mol. The van der Waals surface area contributed by atoms with Gasteiger partial charge in [0.05, 0.1) is 35.9 Å². The maximum atomic E-state index is 9.44. The van der Waals surface area contributed by atoms with Crippen LogP contribution in [0.15, 0.2) is 134 Å². The van der Waals surface area contributed by atoms with Gasteiger partial charge in [0.25, 0.3) is 0 Å². The summed E-state index contributed by atoms with van der Waals surface area (Å²) in [5.41, 5.74) is 10.1. The maximum absolute atomic E-state index is 9.44. The minimum atomic E-state index is 0.423. The molecular weight excluding hydrogens is 552 g/mol. The molecule has 6 heteroatoms. The molecule has 0 bridgehead atoms. The van der Waals surface area contributed by atoms with Gasteiger partial charge in [0.15, 0.2) is 5.69 Å². The standard InChI is InChI=1S/C39H22N6/c1-43-36-22-29(26-42)21-35(23-36)32-6-12-39(13-7-32)45(37-8-2-30(3-9-37)33-14-16-44-17-15-33)38-10-4-31(5-11-38)34-19-27(24-40)18-28(20-34)25-41/h2-23H. The largest absolute Gasteiger partial charge is 0.311 e. The Morgan fingerprint density at radius 2 is 0.844 bits per heavy atom. The Kier molecular flexibility index (Phi) is 7.81. The molecule has 1 heterocycles. The summed E-state index contributed by atoms with van der Waals surface area (Å²) >= 11 is 0. The second-order valence-electron chi connectivity index (χ2n) is 10.2. The van der Waals surface area contributed by atoms with Crippen LogP contribution in [0.4, 0.5) is 22.7 Å². The third-order valence-electron chi connectivity index (χ3n) is 7.42. The number of hydrogen-bond acceptors (Lipinski definition) is 5. The third-order valence-corrected chi connectivity index (χ3v) is 7.42. The Hall–Kier alpha value is -6.99. The minimum Gasteiger partial charge on any atom is -0.311 e. The first-order valence-corrected chi connectivity index (χ1v) is 14.0. The number of rotatable bonds is 6. The normalized spacial score (nSPS) is 10.1. The zero-order valence-electron chi connectivity index (χ0n) is 23.9.